The summed E-state index contributed by atoms with van der Waals surface area (Å²) in [5.74, 6) is -0.0729. The Bertz CT molecular complexity index is 637. The first-order chi connectivity index (χ1) is 9.65. The molecule has 0 aliphatic heterocycles. The minimum Gasteiger partial charge on any atom is -0.354 e. The Balaban J connectivity index is 1.80. The molecule has 0 fully saturated rings. The molecular formula is C14H14BrN3O2. The molecule has 1 aromatic carbocycles. The normalized spacial score (nSPS) is 10.2. The van der Waals surface area contributed by atoms with Crippen LogP contribution in [0, 0.1) is 0 Å². The van der Waals surface area contributed by atoms with Gasteiger partial charge >= 0.3 is 0 Å². The van der Waals surface area contributed by atoms with E-state index in [9.17, 15) is 9.59 Å². The van der Waals surface area contributed by atoms with Gasteiger partial charge in [-0.3, -0.25) is 9.59 Å². The maximum atomic E-state index is 11.7. The number of amides is 1. The lowest BCUT2D eigenvalue weighted by atomic mass is 10.1. The second-order valence-corrected chi connectivity index (χ2v) is 5.15. The fourth-order valence-corrected chi connectivity index (χ4v) is 1.97. The minimum absolute atomic E-state index is 0.0729. The van der Waals surface area contributed by atoms with E-state index < -0.39 is 0 Å². The lowest BCUT2D eigenvalue weighted by Gasteiger charge is -2.06. The Hall–Kier alpha value is -1.95. The monoisotopic (exact) mass is 335 g/mol. The highest BCUT2D eigenvalue weighted by atomic mass is 79.9. The van der Waals surface area contributed by atoms with Crippen LogP contribution in [0.3, 0.4) is 0 Å². The Morgan fingerprint density at radius 3 is 2.70 bits per heavy atom. The largest absolute Gasteiger partial charge is 0.354 e. The highest BCUT2D eigenvalue weighted by Gasteiger charge is 2.03. The Morgan fingerprint density at radius 1 is 1.25 bits per heavy atom. The molecule has 104 valence electrons. The molecule has 0 unspecified atom stereocenters. The average Bonchev–Trinajstić information content (AvgIpc) is 2.43. The number of nitrogens with one attached hydrogen (secondary N) is 1. The highest BCUT2D eigenvalue weighted by Crippen LogP contribution is 2.10. The summed E-state index contributed by atoms with van der Waals surface area (Å²) in [6, 6.07) is 10.6. The Morgan fingerprint density at radius 2 is 2.00 bits per heavy atom. The van der Waals surface area contributed by atoms with Crippen LogP contribution in [-0.4, -0.2) is 22.2 Å². The average molecular weight is 336 g/mol. The number of carbonyl (C=O) groups is 1. The summed E-state index contributed by atoms with van der Waals surface area (Å²) in [5.41, 5.74) is 0.773. The van der Waals surface area contributed by atoms with E-state index in [2.05, 4.69) is 26.3 Å². The van der Waals surface area contributed by atoms with Crippen LogP contribution in [0.1, 0.15) is 5.56 Å². The molecule has 6 heteroatoms. The molecule has 1 amide bonds. The van der Waals surface area contributed by atoms with Gasteiger partial charge in [0.15, 0.2) is 0 Å². The van der Waals surface area contributed by atoms with Gasteiger partial charge in [-0.05, 0) is 23.8 Å². The van der Waals surface area contributed by atoms with Gasteiger partial charge in [0.25, 0.3) is 5.56 Å². The van der Waals surface area contributed by atoms with Crippen molar-refractivity contribution in [3.63, 3.8) is 0 Å². The smallest absolute Gasteiger partial charge is 0.266 e. The number of nitrogens with zero attached hydrogens (tertiary/aromatic N) is 2. The summed E-state index contributed by atoms with van der Waals surface area (Å²) in [6.07, 6.45) is 1.87. The second-order valence-electron chi connectivity index (χ2n) is 4.24. The van der Waals surface area contributed by atoms with Crippen molar-refractivity contribution in [2.75, 3.05) is 6.54 Å². The van der Waals surface area contributed by atoms with Crippen molar-refractivity contribution >= 4 is 21.8 Å². The van der Waals surface area contributed by atoms with Crippen molar-refractivity contribution in [3.05, 3.63) is 63.0 Å². The number of benzene rings is 1. The van der Waals surface area contributed by atoms with Gasteiger partial charge in [-0.15, -0.1) is 0 Å². The van der Waals surface area contributed by atoms with E-state index in [0.29, 0.717) is 19.5 Å². The minimum atomic E-state index is -0.172. The maximum absolute atomic E-state index is 11.7. The van der Waals surface area contributed by atoms with Gasteiger partial charge in [-0.1, -0.05) is 28.1 Å². The second kappa shape index (κ2) is 7.00. The molecule has 0 atom stereocenters. The molecule has 2 aromatic rings. The molecule has 0 saturated heterocycles. The highest BCUT2D eigenvalue weighted by molar-refractivity contribution is 9.10. The zero-order valence-corrected chi connectivity index (χ0v) is 12.3. The van der Waals surface area contributed by atoms with Crippen LogP contribution in [-0.2, 0) is 17.8 Å². The molecule has 1 N–H and O–H groups in total. The molecule has 1 aromatic heterocycles. The lowest BCUT2D eigenvalue weighted by Crippen LogP contribution is -2.32. The quantitative estimate of drug-likeness (QED) is 0.897. The van der Waals surface area contributed by atoms with Gasteiger partial charge in [0.05, 0.1) is 13.0 Å². The van der Waals surface area contributed by atoms with Crippen LogP contribution >= 0.6 is 15.9 Å². The molecule has 0 bridgehead atoms. The summed E-state index contributed by atoms with van der Waals surface area (Å²) in [7, 11) is 0. The third-order valence-corrected chi connectivity index (χ3v) is 3.24. The molecule has 0 spiro atoms. The van der Waals surface area contributed by atoms with Crippen LogP contribution in [0.25, 0.3) is 0 Å². The van der Waals surface area contributed by atoms with E-state index >= 15 is 0 Å². The number of hydrogen-bond acceptors (Lipinski definition) is 3. The van der Waals surface area contributed by atoms with E-state index in [1.54, 1.807) is 12.3 Å². The van der Waals surface area contributed by atoms with E-state index in [1.165, 1.54) is 10.7 Å². The summed E-state index contributed by atoms with van der Waals surface area (Å²) >= 11 is 3.35. The lowest BCUT2D eigenvalue weighted by molar-refractivity contribution is -0.120. The molecule has 0 aliphatic rings. The van der Waals surface area contributed by atoms with Crippen LogP contribution in [0.4, 0.5) is 0 Å². The maximum Gasteiger partial charge on any atom is 0.266 e. The zero-order chi connectivity index (χ0) is 14.4. The van der Waals surface area contributed by atoms with Crippen molar-refractivity contribution in [1.29, 1.82) is 0 Å². The number of carbonyl (C=O) groups excluding carboxylic acids is 1. The van der Waals surface area contributed by atoms with E-state index in [1.807, 2.05) is 24.3 Å². The molecule has 0 saturated carbocycles. The predicted octanol–water partition coefficient (Wildman–Crippen LogP) is 1.36. The predicted molar refractivity (Wildman–Crippen MR) is 79.4 cm³/mol. The molecule has 1 heterocycles. The summed E-state index contributed by atoms with van der Waals surface area (Å²) in [5, 5.41) is 6.69. The summed E-state index contributed by atoms with van der Waals surface area (Å²) in [4.78, 5) is 23.1. The van der Waals surface area contributed by atoms with Crippen molar-refractivity contribution in [2.45, 2.75) is 13.0 Å². The molecular weight excluding hydrogens is 322 g/mol. The van der Waals surface area contributed by atoms with Gasteiger partial charge in [-0.25, -0.2) is 4.68 Å². The van der Waals surface area contributed by atoms with Crippen molar-refractivity contribution < 1.29 is 4.79 Å². The van der Waals surface area contributed by atoms with Gasteiger partial charge in [0.2, 0.25) is 5.91 Å². The van der Waals surface area contributed by atoms with Gasteiger partial charge in [0.1, 0.15) is 0 Å². The Labute approximate surface area is 124 Å². The standard InChI is InChI=1S/C14H14BrN3O2/c15-12-5-3-11(4-6-12)10-13(19)16-8-9-18-14(20)2-1-7-17-18/h1-7H,8-10H2,(H,16,19). The van der Waals surface area contributed by atoms with Crippen LogP contribution in [0.5, 0.6) is 0 Å². The SMILES string of the molecule is O=C(Cc1ccc(Br)cc1)NCCn1ncccc1=O. The van der Waals surface area contributed by atoms with Crippen molar-refractivity contribution in [1.82, 2.24) is 15.1 Å². The fourth-order valence-electron chi connectivity index (χ4n) is 1.71. The fraction of sp³-hybridized carbons (Fsp3) is 0.214. The van der Waals surface area contributed by atoms with Crippen molar-refractivity contribution in [2.24, 2.45) is 0 Å². The Kier molecular flexibility index (Phi) is 5.06. The first kappa shape index (κ1) is 14.5. The molecule has 0 radical (unpaired) electrons. The number of hydrogen-bond donors (Lipinski definition) is 1. The zero-order valence-electron chi connectivity index (χ0n) is 10.8. The molecule has 20 heavy (non-hydrogen) atoms. The van der Waals surface area contributed by atoms with Crippen molar-refractivity contribution in [3.8, 4) is 0 Å². The first-order valence-corrected chi connectivity index (χ1v) is 6.98. The third-order valence-electron chi connectivity index (χ3n) is 2.71. The van der Waals surface area contributed by atoms with Crippen LogP contribution in [0.2, 0.25) is 0 Å². The van der Waals surface area contributed by atoms with Crippen LogP contribution < -0.4 is 10.9 Å². The van der Waals surface area contributed by atoms with E-state index in [0.717, 1.165) is 10.0 Å². The van der Waals surface area contributed by atoms with Gasteiger partial charge < -0.3 is 5.32 Å². The number of rotatable bonds is 5. The molecule has 0 aliphatic carbocycles. The third kappa shape index (κ3) is 4.31. The number of halogens is 1. The topological polar surface area (TPSA) is 64.0 Å². The van der Waals surface area contributed by atoms with E-state index in [-0.39, 0.29) is 11.5 Å². The molecule has 5 nitrogen and oxygen atoms in total. The summed E-state index contributed by atoms with van der Waals surface area (Å²) in [6.45, 7) is 0.748. The van der Waals surface area contributed by atoms with E-state index in [4.69, 9.17) is 0 Å². The van der Waals surface area contributed by atoms with Gasteiger partial charge in [0, 0.05) is 23.3 Å². The molecule has 2 rings (SSSR count). The summed E-state index contributed by atoms with van der Waals surface area (Å²) < 4.78 is 2.30. The van der Waals surface area contributed by atoms with Crippen LogP contribution in [0.15, 0.2) is 51.9 Å². The number of aromatic nitrogens is 2. The van der Waals surface area contributed by atoms with Gasteiger partial charge in [-0.2, -0.15) is 5.10 Å². The first-order valence-electron chi connectivity index (χ1n) is 6.18.